The summed E-state index contributed by atoms with van der Waals surface area (Å²) < 4.78 is 4.90. The van der Waals surface area contributed by atoms with Crippen LogP contribution in [0.1, 0.15) is 37.7 Å². The molecule has 3 rings (SSSR count). The van der Waals surface area contributed by atoms with Crippen molar-refractivity contribution in [1.82, 2.24) is 15.5 Å². The van der Waals surface area contributed by atoms with Crippen LogP contribution in [0.4, 0.5) is 5.82 Å². The minimum atomic E-state index is -0.395. The molecule has 0 spiro atoms. The summed E-state index contributed by atoms with van der Waals surface area (Å²) >= 11 is 0. The summed E-state index contributed by atoms with van der Waals surface area (Å²) in [5.41, 5.74) is 2.62. The third kappa shape index (κ3) is 4.32. The topological polar surface area (TPSA) is 97.1 Å². The van der Waals surface area contributed by atoms with Crippen LogP contribution in [0.3, 0.4) is 0 Å². The molecule has 7 nitrogen and oxygen atoms in total. The molecule has 0 aliphatic carbocycles. The third-order valence-corrected chi connectivity index (χ3v) is 3.70. The van der Waals surface area contributed by atoms with Gasteiger partial charge in [0.25, 0.3) is 11.8 Å². The van der Waals surface area contributed by atoms with E-state index in [0.29, 0.717) is 23.7 Å². The second-order valence-electron chi connectivity index (χ2n) is 5.87. The number of anilines is 1. The summed E-state index contributed by atoms with van der Waals surface area (Å²) in [5, 5.41) is 9.10. The number of amides is 2. The lowest BCUT2D eigenvalue weighted by Crippen LogP contribution is -2.24. The highest BCUT2D eigenvalue weighted by atomic mass is 16.5. The number of hydrogen-bond donors (Lipinski definition) is 2. The fourth-order valence-electron chi connectivity index (χ4n) is 2.29. The van der Waals surface area contributed by atoms with Crippen LogP contribution < -0.4 is 10.6 Å². The van der Waals surface area contributed by atoms with E-state index in [1.165, 1.54) is 18.3 Å². The maximum atomic E-state index is 12.3. The zero-order chi connectivity index (χ0) is 18.5. The Hall–Kier alpha value is -3.48. The first kappa shape index (κ1) is 17.3. The number of pyridine rings is 1. The molecule has 2 N–H and O–H groups in total. The van der Waals surface area contributed by atoms with Gasteiger partial charge >= 0.3 is 0 Å². The Morgan fingerprint density at radius 2 is 1.81 bits per heavy atom. The molecule has 2 amide bonds. The molecule has 1 aromatic carbocycles. The molecule has 132 valence electrons. The van der Waals surface area contributed by atoms with Gasteiger partial charge in [-0.1, -0.05) is 35.0 Å². The lowest BCUT2D eigenvalue weighted by Gasteiger charge is -2.07. The first-order valence-corrected chi connectivity index (χ1v) is 8.06. The monoisotopic (exact) mass is 350 g/mol. The van der Waals surface area contributed by atoms with Gasteiger partial charge in [-0.15, -0.1) is 0 Å². The number of carbonyl (C=O) groups is 2. The van der Waals surface area contributed by atoms with E-state index in [-0.39, 0.29) is 11.6 Å². The number of rotatable bonds is 5. The van der Waals surface area contributed by atoms with Crippen molar-refractivity contribution in [3.8, 4) is 0 Å². The van der Waals surface area contributed by atoms with Crippen molar-refractivity contribution in [1.29, 1.82) is 0 Å². The molecule has 0 bridgehead atoms. The van der Waals surface area contributed by atoms with Crippen molar-refractivity contribution in [2.24, 2.45) is 0 Å². The average Bonchev–Trinajstić information content (AvgIpc) is 3.05. The van der Waals surface area contributed by atoms with Crippen LogP contribution >= 0.6 is 0 Å². The zero-order valence-corrected chi connectivity index (χ0v) is 14.4. The van der Waals surface area contributed by atoms with Crippen LogP contribution in [0, 0.1) is 13.8 Å². The van der Waals surface area contributed by atoms with E-state index in [1.807, 2.05) is 31.2 Å². The maximum absolute atomic E-state index is 12.3. The summed E-state index contributed by atoms with van der Waals surface area (Å²) in [6.45, 7) is 4.12. The fourth-order valence-corrected chi connectivity index (χ4v) is 2.29. The van der Waals surface area contributed by atoms with Crippen LogP contribution in [0.15, 0.2) is 53.2 Å². The van der Waals surface area contributed by atoms with E-state index in [1.54, 1.807) is 13.0 Å². The molecule has 0 radical (unpaired) electrons. The van der Waals surface area contributed by atoms with Crippen LogP contribution in [0.25, 0.3) is 0 Å². The smallest absolute Gasteiger partial charge is 0.270 e. The molecular formula is C19H18N4O3. The maximum Gasteiger partial charge on any atom is 0.270 e. The molecule has 26 heavy (non-hydrogen) atoms. The fraction of sp³-hybridized carbons (Fsp3) is 0.158. The van der Waals surface area contributed by atoms with E-state index in [0.717, 1.165) is 11.1 Å². The van der Waals surface area contributed by atoms with Crippen molar-refractivity contribution >= 4 is 17.6 Å². The standard InChI is InChI=1S/C19H18N4O3/c1-12-3-5-14(6-4-12)11-21-19(25)16-10-15(7-8-20-16)18(24)22-17-9-13(2)26-23-17/h3-10H,11H2,1-2H3,(H,21,25)(H,22,23,24). The summed E-state index contributed by atoms with van der Waals surface area (Å²) in [5.74, 6) is 0.159. The van der Waals surface area contributed by atoms with E-state index in [9.17, 15) is 9.59 Å². The largest absolute Gasteiger partial charge is 0.360 e. The summed E-state index contributed by atoms with van der Waals surface area (Å²) in [6.07, 6.45) is 1.42. The second kappa shape index (κ2) is 7.60. The Morgan fingerprint density at radius 3 is 2.50 bits per heavy atom. The highest BCUT2D eigenvalue weighted by Crippen LogP contribution is 2.10. The van der Waals surface area contributed by atoms with Crippen molar-refractivity contribution in [2.75, 3.05) is 5.32 Å². The Bertz CT molecular complexity index is 932. The average molecular weight is 350 g/mol. The Labute approximate surface area is 150 Å². The Morgan fingerprint density at radius 1 is 1.04 bits per heavy atom. The number of benzene rings is 1. The number of nitrogens with one attached hydrogen (secondary N) is 2. The molecule has 0 aliphatic heterocycles. The first-order chi connectivity index (χ1) is 12.5. The molecule has 7 heteroatoms. The Balaban J connectivity index is 1.64. The van der Waals surface area contributed by atoms with Crippen LogP contribution in [0.2, 0.25) is 0 Å². The molecule has 0 saturated heterocycles. The molecule has 2 heterocycles. The van der Waals surface area contributed by atoms with Gasteiger partial charge in [-0.25, -0.2) is 0 Å². The highest BCUT2D eigenvalue weighted by Gasteiger charge is 2.13. The molecule has 0 fully saturated rings. The number of aromatic nitrogens is 2. The number of hydrogen-bond acceptors (Lipinski definition) is 5. The van der Waals surface area contributed by atoms with E-state index in [4.69, 9.17) is 4.52 Å². The van der Waals surface area contributed by atoms with Crippen LogP contribution in [0.5, 0.6) is 0 Å². The van der Waals surface area contributed by atoms with Crippen LogP contribution in [-0.2, 0) is 6.54 Å². The van der Waals surface area contributed by atoms with Gasteiger partial charge in [0.2, 0.25) is 0 Å². The quantitative estimate of drug-likeness (QED) is 0.737. The predicted octanol–water partition coefficient (Wildman–Crippen LogP) is 2.87. The van der Waals surface area contributed by atoms with E-state index < -0.39 is 5.91 Å². The number of carbonyl (C=O) groups excluding carboxylic acids is 2. The minimum absolute atomic E-state index is 0.168. The van der Waals surface area contributed by atoms with E-state index in [2.05, 4.69) is 20.8 Å². The van der Waals surface area contributed by atoms with Gasteiger partial charge in [-0.3, -0.25) is 14.6 Å². The molecule has 0 unspecified atom stereocenters. The van der Waals surface area contributed by atoms with Gasteiger partial charge in [-0.05, 0) is 31.5 Å². The normalized spacial score (nSPS) is 10.4. The van der Waals surface area contributed by atoms with Gasteiger partial charge < -0.3 is 15.2 Å². The molecule has 0 saturated carbocycles. The third-order valence-electron chi connectivity index (χ3n) is 3.70. The highest BCUT2D eigenvalue weighted by molar-refractivity contribution is 6.05. The molecule has 2 aromatic heterocycles. The van der Waals surface area contributed by atoms with Gasteiger partial charge in [0.1, 0.15) is 11.5 Å². The van der Waals surface area contributed by atoms with Gasteiger partial charge in [0, 0.05) is 24.4 Å². The van der Waals surface area contributed by atoms with Crippen molar-refractivity contribution in [3.05, 3.63) is 76.8 Å². The van der Waals surface area contributed by atoms with Gasteiger partial charge in [0.15, 0.2) is 5.82 Å². The molecule has 0 atom stereocenters. The summed E-state index contributed by atoms with van der Waals surface area (Å²) in [6, 6.07) is 12.4. The molecular weight excluding hydrogens is 332 g/mol. The van der Waals surface area contributed by atoms with Crippen molar-refractivity contribution < 1.29 is 14.1 Å². The second-order valence-corrected chi connectivity index (χ2v) is 5.87. The SMILES string of the molecule is Cc1ccc(CNC(=O)c2cc(C(=O)Nc3cc(C)on3)ccn2)cc1. The van der Waals surface area contributed by atoms with E-state index >= 15 is 0 Å². The first-order valence-electron chi connectivity index (χ1n) is 8.06. The predicted molar refractivity (Wildman–Crippen MR) is 95.8 cm³/mol. The van der Waals surface area contributed by atoms with Crippen molar-refractivity contribution in [2.45, 2.75) is 20.4 Å². The number of nitrogens with zero attached hydrogens (tertiary/aromatic N) is 2. The number of aryl methyl sites for hydroxylation is 2. The van der Waals surface area contributed by atoms with Crippen LogP contribution in [-0.4, -0.2) is 22.0 Å². The molecule has 0 aliphatic rings. The summed E-state index contributed by atoms with van der Waals surface area (Å²) in [4.78, 5) is 28.6. The van der Waals surface area contributed by atoms with Gasteiger partial charge in [-0.2, -0.15) is 0 Å². The lowest BCUT2D eigenvalue weighted by molar-refractivity contribution is 0.0946. The van der Waals surface area contributed by atoms with Crippen molar-refractivity contribution in [3.63, 3.8) is 0 Å². The Kier molecular flexibility index (Phi) is 5.07. The minimum Gasteiger partial charge on any atom is -0.360 e. The zero-order valence-electron chi connectivity index (χ0n) is 14.4. The lowest BCUT2D eigenvalue weighted by atomic mass is 10.1. The van der Waals surface area contributed by atoms with Gasteiger partial charge in [0.05, 0.1) is 0 Å². The molecule has 3 aromatic rings. The summed E-state index contributed by atoms with van der Waals surface area (Å²) in [7, 11) is 0.